The van der Waals surface area contributed by atoms with E-state index in [0.29, 0.717) is 21.3 Å². The molecule has 8 heteroatoms. The van der Waals surface area contributed by atoms with E-state index in [2.05, 4.69) is 5.32 Å². The fraction of sp³-hybridized carbons (Fsp3) is 0.0714. The first-order valence-electron chi connectivity index (χ1n) is 6.24. The van der Waals surface area contributed by atoms with Gasteiger partial charge in [-0.3, -0.25) is 9.10 Å². The van der Waals surface area contributed by atoms with Crippen LogP contribution in [0.15, 0.2) is 46.8 Å². The van der Waals surface area contributed by atoms with E-state index in [0.717, 1.165) is 4.31 Å². The van der Waals surface area contributed by atoms with Gasteiger partial charge in [0.25, 0.3) is 10.0 Å². The summed E-state index contributed by atoms with van der Waals surface area (Å²) in [6.45, 7) is 0. The third kappa shape index (κ3) is 2.41. The Morgan fingerprint density at radius 1 is 1.32 bits per heavy atom. The van der Waals surface area contributed by atoms with Gasteiger partial charge < -0.3 is 5.32 Å². The summed E-state index contributed by atoms with van der Waals surface area (Å²) in [5.41, 5.74) is 1.01. The van der Waals surface area contributed by atoms with Gasteiger partial charge in [0.2, 0.25) is 5.78 Å². The lowest BCUT2D eigenvalue weighted by Crippen LogP contribution is -2.35. The van der Waals surface area contributed by atoms with Crippen molar-refractivity contribution in [3.8, 4) is 0 Å². The molecule has 2 aromatic rings. The second-order valence-electron chi connectivity index (χ2n) is 4.60. The van der Waals surface area contributed by atoms with Crippen molar-refractivity contribution in [3.63, 3.8) is 0 Å². The molecule has 114 valence electrons. The van der Waals surface area contributed by atoms with E-state index in [4.69, 9.17) is 11.6 Å². The topological polar surface area (TPSA) is 66.5 Å². The number of nitrogens with one attached hydrogen (secondary N) is 1. The number of Topliss-reactive ketones (excluding diaryl/α,β-unsaturated/α-hetero) is 1. The molecule has 5 nitrogen and oxygen atoms in total. The molecule has 0 aliphatic carbocycles. The molecule has 0 atom stereocenters. The second-order valence-corrected chi connectivity index (χ2v) is 7.89. The molecule has 0 saturated heterocycles. The molecule has 0 unspecified atom stereocenters. The van der Waals surface area contributed by atoms with Crippen LogP contribution in [0.3, 0.4) is 0 Å². The van der Waals surface area contributed by atoms with E-state index in [-0.39, 0.29) is 4.91 Å². The van der Waals surface area contributed by atoms with E-state index >= 15 is 0 Å². The van der Waals surface area contributed by atoms with Gasteiger partial charge in [-0.05, 0) is 29.6 Å². The molecule has 2 heterocycles. The molecule has 0 radical (unpaired) electrons. The minimum Gasteiger partial charge on any atom is -0.360 e. The molecule has 0 bridgehead atoms. The van der Waals surface area contributed by atoms with Crippen LogP contribution >= 0.6 is 22.9 Å². The largest absolute Gasteiger partial charge is 0.360 e. The third-order valence-corrected chi connectivity index (χ3v) is 6.16. The Hall–Kier alpha value is -1.83. The van der Waals surface area contributed by atoms with Crippen LogP contribution in [0.4, 0.5) is 11.4 Å². The highest BCUT2D eigenvalue weighted by Crippen LogP contribution is 2.37. The van der Waals surface area contributed by atoms with Crippen LogP contribution in [-0.2, 0) is 10.0 Å². The van der Waals surface area contributed by atoms with Crippen molar-refractivity contribution in [1.29, 1.82) is 0 Å². The number of sulfonamides is 1. The fourth-order valence-electron chi connectivity index (χ4n) is 2.09. The molecule has 22 heavy (non-hydrogen) atoms. The van der Waals surface area contributed by atoms with Gasteiger partial charge in [-0.2, -0.15) is 0 Å². The van der Waals surface area contributed by atoms with E-state index in [1.165, 1.54) is 24.6 Å². The molecule has 1 aliphatic rings. The van der Waals surface area contributed by atoms with Crippen molar-refractivity contribution in [2.24, 2.45) is 0 Å². The number of hydrogen-bond acceptors (Lipinski definition) is 5. The second kappa shape index (κ2) is 5.42. The summed E-state index contributed by atoms with van der Waals surface area (Å²) < 4.78 is 26.0. The number of thiophene rings is 1. The molecular weight excluding hydrogens is 344 g/mol. The maximum Gasteiger partial charge on any atom is 0.269 e. The van der Waals surface area contributed by atoms with Crippen molar-refractivity contribution in [3.05, 3.63) is 56.7 Å². The average molecular weight is 355 g/mol. The van der Waals surface area contributed by atoms with Crippen molar-refractivity contribution < 1.29 is 13.2 Å². The van der Waals surface area contributed by atoms with Crippen LogP contribution in [0.2, 0.25) is 5.02 Å². The van der Waals surface area contributed by atoms with Crippen molar-refractivity contribution in [2.45, 2.75) is 0 Å². The number of fused-ring (bicyclic) bond motifs is 1. The van der Waals surface area contributed by atoms with Gasteiger partial charge in [-0.1, -0.05) is 17.7 Å². The van der Waals surface area contributed by atoms with E-state index in [1.807, 2.05) is 0 Å². The molecule has 1 aromatic carbocycles. The zero-order valence-corrected chi connectivity index (χ0v) is 13.8. The molecule has 1 N–H and O–H groups in total. The number of benzene rings is 1. The summed E-state index contributed by atoms with van der Waals surface area (Å²) in [6.07, 6.45) is 1.21. The van der Waals surface area contributed by atoms with Crippen LogP contribution < -0.4 is 9.62 Å². The molecular formula is C14H11ClN2O3S2. The molecule has 3 rings (SSSR count). The minimum atomic E-state index is -3.86. The summed E-state index contributed by atoms with van der Waals surface area (Å²) in [6, 6.07) is 8.41. The zero-order chi connectivity index (χ0) is 15.9. The van der Waals surface area contributed by atoms with Crippen LogP contribution in [0.1, 0.15) is 9.67 Å². The Morgan fingerprint density at radius 2 is 2.09 bits per heavy atom. The molecule has 0 spiro atoms. The maximum atomic E-state index is 12.4. The lowest BCUT2D eigenvalue weighted by molar-refractivity contribution is 0.104. The van der Waals surface area contributed by atoms with Gasteiger partial charge in [0.05, 0.1) is 5.69 Å². The normalized spacial score (nSPS) is 18.4. The standard InChI is InChI=1S/C14H11ClN2O3S2/c1-17-11-5-6-21-14(11)13(18)12(22(17,19)20)8-16-10-4-2-3-9(15)7-10/h2-8,16H,1H3/b12-8-. The van der Waals surface area contributed by atoms with E-state index in [1.54, 1.807) is 35.7 Å². The number of anilines is 2. The Balaban J connectivity index is 2.03. The number of rotatable bonds is 2. The predicted octanol–water partition coefficient (Wildman–Crippen LogP) is 3.32. The van der Waals surface area contributed by atoms with E-state index in [9.17, 15) is 13.2 Å². The van der Waals surface area contributed by atoms with Gasteiger partial charge in [-0.25, -0.2) is 8.42 Å². The molecule has 0 saturated carbocycles. The fourth-order valence-corrected chi connectivity index (χ4v) is 4.53. The number of nitrogens with zero attached hydrogens (tertiary/aromatic N) is 1. The van der Waals surface area contributed by atoms with Crippen LogP contribution in [0, 0.1) is 0 Å². The highest BCUT2D eigenvalue weighted by Gasteiger charge is 2.39. The first-order valence-corrected chi connectivity index (χ1v) is 8.94. The number of carbonyl (C=O) groups excluding carboxylic acids is 1. The minimum absolute atomic E-state index is 0.287. The SMILES string of the molecule is CN1c2ccsc2C(=O)/C(=C/Nc2cccc(Cl)c2)S1(=O)=O. The smallest absolute Gasteiger partial charge is 0.269 e. The highest BCUT2D eigenvalue weighted by molar-refractivity contribution is 7.97. The summed E-state index contributed by atoms with van der Waals surface area (Å²) in [4.78, 5) is 12.5. The summed E-state index contributed by atoms with van der Waals surface area (Å²) in [5, 5.41) is 5.03. The summed E-state index contributed by atoms with van der Waals surface area (Å²) in [5.74, 6) is -0.502. The number of allylic oxidation sites excluding steroid dienone is 1. The lowest BCUT2D eigenvalue weighted by Gasteiger charge is -2.25. The quantitative estimate of drug-likeness (QED) is 0.840. The van der Waals surface area contributed by atoms with Gasteiger partial charge in [0.15, 0.2) is 4.91 Å². The Kier molecular flexibility index (Phi) is 3.72. The highest BCUT2D eigenvalue weighted by atomic mass is 35.5. The molecule has 0 amide bonds. The first kappa shape index (κ1) is 15.1. The van der Waals surface area contributed by atoms with Gasteiger partial charge in [0, 0.05) is 24.0 Å². The zero-order valence-electron chi connectivity index (χ0n) is 11.4. The van der Waals surface area contributed by atoms with Crippen LogP contribution in [-0.4, -0.2) is 21.2 Å². The van der Waals surface area contributed by atoms with Crippen LogP contribution in [0.5, 0.6) is 0 Å². The predicted molar refractivity (Wildman–Crippen MR) is 89.1 cm³/mol. The average Bonchev–Trinajstić information content (AvgIpc) is 2.94. The first-order chi connectivity index (χ1) is 10.4. The maximum absolute atomic E-state index is 12.4. The van der Waals surface area contributed by atoms with Gasteiger partial charge >= 0.3 is 0 Å². The van der Waals surface area contributed by atoms with Gasteiger partial charge in [-0.15, -0.1) is 11.3 Å². The molecule has 1 aliphatic heterocycles. The van der Waals surface area contributed by atoms with Crippen molar-refractivity contribution >= 4 is 50.1 Å². The van der Waals surface area contributed by atoms with Crippen LogP contribution in [0.25, 0.3) is 0 Å². The van der Waals surface area contributed by atoms with E-state index < -0.39 is 15.8 Å². The summed E-state index contributed by atoms with van der Waals surface area (Å²) in [7, 11) is -2.43. The third-order valence-electron chi connectivity index (χ3n) is 3.25. The lowest BCUT2D eigenvalue weighted by atomic mass is 10.2. The molecule has 0 fully saturated rings. The number of carbonyl (C=O) groups is 1. The number of ketones is 1. The monoisotopic (exact) mass is 354 g/mol. The number of halogens is 1. The molecule has 1 aromatic heterocycles. The number of hydrogen-bond donors (Lipinski definition) is 1. The Bertz CT molecular complexity index is 887. The van der Waals surface area contributed by atoms with Gasteiger partial charge in [0.1, 0.15) is 4.88 Å². The van der Waals surface area contributed by atoms with Crippen molar-refractivity contribution in [1.82, 2.24) is 0 Å². The summed E-state index contributed by atoms with van der Waals surface area (Å²) >= 11 is 7.09. The van der Waals surface area contributed by atoms with Crippen molar-refractivity contribution in [2.75, 3.05) is 16.7 Å². The Morgan fingerprint density at radius 3 is 2.82 bits per heavy atom. The Labute approximate surface area is 136 Å².